The molecule has 1 aromatic heterocycles. The molecule has 0 spiro atoms. The number of aromatic nitrogens is 2. The van der Waals surface area contributed by atoms with Crippen LogP contribution in [0.15, 0.2) is 36.5 Å². The Bertz CT molecular complexity index is 551. The van der Waals surface area contributed by atoms with Crippen molar-refractivity contribution in [3.05, 3.63) is 47.2 Å². The van der Waals surface area contributed by atoms with E-state index in [1.54, 1.807) is 17.8 Å². The van der Waals surface area contributed by atoms with E-state index in [9.17, 15) is 4.79 Å². The zero-order valence-electron chi connectivity index (χ0n) is 10.2. The van der Waals surface area contributed by atoms with Crippen LogP contribution in [0.3, 0.4) is 0 Å². The first-order chi connectivity index (χ1) is 8.59. The van der Waals surface area contributed by atoms with Crippen molar-refractivity contribution in [2.75, 3.05) is 5.32 Å². The number of rotatable bonds is 3. The van der Waals surface area contributed by atoms with Crippen LogP contribution >= 0.6 is 11.6 Å². The minimum absolute atomic E-state index is 0.121. The predicted octanol–water partition coefficient (Wildman–Crippen LogP) is 3.04. The molecule has 0 aliphatic heterocycles. The molecule has 0 fully saturated rings. The van der Waals surface area contributed by atoms with E-state index >= 15 is 0 Å². The number of anilines is 1. The maximum absolute atomic E-state index is 12.1. The molecule has 0 radical (unpaired) electrons. The van der Waals surface area contributed by atoms with Crippen molar-refractivity contribution in [3.8, 4) is 0 Å². The van der Waals surface area contributed by atoms with Crippen molar-refractivity contribution in [2.45, 2.75) is 19.9 Å². The molecule has 0 saturated carbocycles. The van der Waals surface area contributed by atoms with Gasteiger partial charge in [-0.1, -0.05) is 29.8 Å². The number of carbonyl (C=O) groups is 1. The molecule has 1 heterocycles. The van der Waals surface area contributed by atoms with Crippen LogP contribution in [0.5, 0.6) is 0 Å². The summed E-state index contributed by atoms with van der Waals surface area (Å²) in [7, 11) is 0. The van der Waals surface area contributed by atoms with Gasteiger partial charge < -0.3 is 5.32 Å². The normalized spacial score (nSPS) is 12.2. The topological polar surface area (TPSA) is 46.9 Å². The number of halogens is 1. The lowest BCUT2D eigenvalue weighted by atomic mass is 10.2. The van der Waals surface area contributed by atoms with Gasteiger partial charge in [-0.15, -0.1) is 0 Å². The third-order valence-corrected chi connectivity index (χ3v) is 3.14. The minimum Gasteiger partial charge on any atom is -0.324 e. The van der Waals surface area contributed by atoms with Crippen LogP contribution in [0, 0.1) is 6.92 Å². The third-order valence-electron chi connectivity index (χ3n) is 2.77. The summed E-state index contributed by atoms with van der Waals surface area (Å²) in [4.78, 5) is 12.1. The smallest absolute Gasteiger partial charge is 0.248 e. The largest absolute Gasteiger partial charge is 0.324 e. The van der Waals surface area contributed by atoms with Crippen LogP contribution in [-0.4, -0.2) is 15.7 Å². The quantitative estimate of drug-likeness (QED) is 0.925. The molecule has 0 aliphatic rings. The van der Waals surface area contributed by atoms with Crippen molar-refractivity contribution < 1.29 is 4.79 Å². The fourth-order valence-corrected chi connectivity index (χ4v) is 1.80. The molecular formula is C13H14ClN3O. The zero-order chi connectivity index (χ0) is 13.1. The number of benzene rings is 1. The Labute approximate surface area is 111 Å². The monoisotopic (exact) mass is 263 g/mol. The van der Waals surface area contributed by atoms with Crippen LogP contribution in [0.2, 0.25) is 5.02 Å². The van der Waals surface area contributed by atoms with Gasteiger partial charge in [-0.05, 0) is 26.0 Å². The van der Waals surface area contributed by atoms with E-state index in [-0.39, 0.29) is 5.91 Å². The first-order valence-electron chi connectivity index (χ1n) is 5.65. The Hall–Kier alpha value is -1.81. The molecular weight excluding hydrogens is 250 g/mol. The average Bonchev–Trinajstić information content (AvgIpc) is 2.70. The molecule has 1 aromatic carbocycles. The Kier molecular flexibility index (Phi) is 3.67. The standard InChI is InChI=1S/C13H14ClN3O/c1-9-12(14)8-15-17(9)10(2)13(18)16-11-6-4-3-5-7-11/h3-8,10H,1-2H3,(H,16,18). The summed E-state index contributed by atoms with van der Waals surface area (Å²) < 4.78 is 1.61. The zero-order valence-corrected chi connectivity index (χ0v) is 11.0. The second kappa shape index (κ2) is 5.23. The number of carbonyl (C=O) groups excluding carboxylic acids is 1. The van der Waals surface area contributed by atoms with Crippen molar-refractivity contribution in [3.63, 3.8) is 0 Å². The minimum atomic E-state index is -0.405. The maximum Gasteiger partial charge on any atom is 0.248 e. The second-order valence-corrected chi connectivity index (χ2v) is 4.46. The Morgan fingerprint density at radius 3 is 2.61 bits per heavy atom. The van der Waals surface area contributed by atoms with Crippen LogP contribution in [0.4, 0.5) is 5.69 Å². The number of nitrogens with one attached hydrogen (secondary N) is 1. The molecule has 4 nitrogen and oxygen atoms in total. The van der Waals surface area contributed by atoms with Gasteiger partial charge in [0.15, 0.2) is 0 Å². The lowest BCUT2D eigenvalue weighted by Crippen LogP contribution is -2.25. The summed E-state index contributed by atoms with van der Waals surface area (Å²) in [6.07, 6.45) is 1.54. The van der Waals surface area contributed by atoms with Gasteiger partial charge in [-0.25, -0.2) is 0 Å². The predicted molar refractivity (Wildman–Crippen MR) is 71.8 cm³/mol. The van der Waals surface area contributed by atoms with Crippen molar-refractivity contribution >= 4 is 23.2 Å². The van der Waals surface area contributed by atoms with E-state index in [0.29, 0.717) is 5.02 Å². The average molecular weight is 264 g/mol. The highest BCUT2D eigenvalue weighted by atomic mass is 35.5. The van der Waals surface area contributed by atoms with Gasteiger partial charge in [-0.2, -0.15) is 5.10 Å². The van der Waals surface area contributed by atoms with Crippen molar-refractivity contribution in [1.29, 1.82) is 0 Å². The van der Waals surface area contributed by atoms with E-state index in [1.807, 2.05) is 37.3 Å². The Balaban J connectivity index is 2.12. The first kappa shape index (κ1) is 12.6. The number of nitrogens with zero attached hydrogens (tertiary/aromatic N) is 2. The molecule has 1 N–H and O–H groups in total. The van der Waals surface area contributed by atoms with Gasteiger partial charge in [-0.3, -0.25) is 9.48 Å². The Morgan fingerprint density at radius 2 is 2.06 bits per heavy atom. The second-order valence-electron chi connectivity index (χ2n) is 4.05. The summed E-state index contributed by atoms with van der Waals surface area (Å²) >= 11 is 5.92. The molecule has 2 rings (SSSR count). The van der Waals surface area contributed by atoms with E-state index in [2.05, 4.69) is 10.4 Å². The van der Waals surface area contributed by atoms with Crippen molar-refractivity contribution in [2.24, 2.45) is 0 Å². The molecule has 0 aliphatic carbocycles. The van der Waals surface area contributed by atoms with Gasteiger partial charge in [0.05, 0.1) is 16.9 Å². The maximum atomic E-state index is 12.1. The van der Waals surface area contributed by atoms with Crippen LogP contribution in [0.1, 0.15) is 18.7 Å². The fourth-order valence-electron chi connectivity index (χ4n) is 1.67. The highest BCUT2D eigenvalue weighted by Crippen LogP contribution is 2.18. The number of para-hydroxylation sites is 1. The van der Waals surface area contributed by atoms with Crippen LogP contribution in [0.25, 0.3) is 0 Å². The summed E-state index contributed by atoms with van der Waals surface area (Å²) in [5.41, 5.74) is 1.55. The van der Waals surface area contributed by atoms with Gasteiger partial charge in [0, 0.05) is 5.69 Å². The summed E-state index contributed by atoms with van der Waals surface area (Å²) in [6, 6.07) is 8.92. The van der Waals surface area contributed by atoms with Crippen LogP contribution < -0.4 is 5.32 Å². The molecule has 1 amide bonds. The number of amides is 1. The molecule has 0 bridgehead atoms. The van der Waals surface area contributed by atoms with E-state index in [1.165, 1.54) is 0 Å². The molecule has 0 saturated heterocycles. The third kappa shape index (κ3) is 2.54. The lowest BCUT2D eigenvalue weighted by molar-refractivity contribution is -0.119. The van der Waals surface area contributed by atoms with E-state index < -0.39 is 6.04 Å². The molecule has 94 valence electrons. The lowest BCUT2D eigenvalue weighted by Gasteiger charge is -2.14. The molecule has 18 heavy (non-hydrogen) atoms. The highest BCUT2D eigenvalue weighted by molar-refractivity contribution is 6.31. The molecule has 1 unspecified atom stereocenters. The summed E-state index contributed by atoms with van der Waals surface area (Å²) in [6.45, 7) is 3.62. The van der Waals surface area contributed by atoms with Gasteiger partial charge in [0.2, 0.25) is 5.91 Å². The molecule has 5 heteroatoms. The van der Waals surface area contributed by atoms with Crippen LogP contribution in [-0.2, 0) is 4.79 Å². The number of hydrogen-bond donors (Lipinski definition) is 1. The van der Waals surface area contributed by atoms with Gasteiger partial charge in [0.25, 0.3) is 0 Å². The number of hydrogen-bond acceptors (Lipinski definition) is 2. The van der Waals surface area contributed by atoms with Gasteiger partial charge >= 0.3 is 0 Å². The first-order valence-corrected chi connectivity index (χ1v) is 6.03. The Morgan fingerprint density at radius 1 is 1.39 bits per heavy atom. The molecule has 1 atom stereocenters. The summed E-state index contributed by atoms with van der Waals surface area (Å²) in [5, 5.41) is 7.50. The van der Waals surface area contributed by atoms with Gasteiger partial charge in [0.1, 0.15) is 6.04 Å². The van der Waals surface area contributed by atoms with E-state index in [0.717, 1.165) is 11.4 Å². The highest BCUT2D eigenvalue weighted by Gasteiger charge is 2.18. The van der Waals surface area contributed by atoms with E-state index in [4.69, 9.17) is 11.6 Å². The fraction of sp³-hybridized carbons (Fsp3) is 0.231. The van der Waals surface area contributed by atoms with Crippen molar-refractivity contribution in [1.82, 2.24) is 9.78 Å². The SMILES string of the molecule is Cc1c(Cl)cnn1C(C)C(=O)Nc1ccccc1. The molecule has 2 aromatic rings. The summed E-state index contributed by atoms with van der Waals surface area (Å²) in [5.74, 6) is -0.121.